The number of para-hydroxylation sites is 1. The predicted octanol–water partition coefficient (Wildman–Crippen LogP) is 2.73. The van der Waals surface area contributed by atoms with Crippen molar-refractivity contribution >= 4 is 35.2 Å². The van der Waals surface area contributed by atoms with Crippen LogP contribution in [0.3, 0.4) is 0 Å². The van der Waals surface area contributed by atoms with Gasteiger partial charge in [-0.1, -0.05) is 48.0 Å². The summed E-state index contributed by atoms with van der Waals surface area (Å²) in [6.45, 7) is 5.63. The molecule has 0 aliphatic rings. The minimum absolute atomic E-state index is 0.0148. The maximum Gasteiger partial charge on any atom is 0.276 e. The van der Waals surface area contributed by atoms with Gasteiger partial charge in [0.05, 0.1) is 0 Å². The Kier molecular flexibility index (Phi) is 7.71. The Labute approximate surface area is 169 Å². The molecule has 2 aromatic rings. The lowest BCUT2D eigenvalue weighted by Gasteiger charge is -2.13. The standard InChI is InChI=1S/C21H23N3O3S/c1-14-7-9-17(10-8-14)11-12-18(25)22-21(28)24-23-19(26)13-27-20-15(2)5-4-6-16(20)3/h4-12H,13H2,1-3H3,(H,23,26)(H2,22,24,25,28)/b12-11+. The van der Waals surface area contributed by atoms with Gasteiger partial charge in [0.2, 0.25) is 5.91 Å². The van der Waals surface area contributed by atoms with Crippen LogP contribution in [0.4, 0.5) is 0 Å². The average molecular weight is 398 g/mol. The van der Waals surface area contributed by atoms with Crippen LogP contribution in [0.15, 0.2) is 48.5 Å². The molecule has 0 saturated carbocycles. The molecule has 0 aliphatic carbocycles. The molecule has 0 radical (unpaired) electrons. The molecule has 2 amide bonds. The van der Waals surface area contributed by atoms with E-state index < -0.39 is 11.8 Å². The second-order valence-corrected chi connectivity index (χ2v) is 6.65. The lowest BCUT2D eigenvalue weighted by Crippen LogP contribution is -2.49. The number of hydrogen-bond donors (Lipinski definition) is 3. The van der Waals surface area contributed by atoms with Crippen molar-refractivity contribution in [3.63, 3.8) is 0 Å². The molecular formula is C21H23N3O3S. The van der Waals surface area contributed by atoms with Gasteiger partial charge >= 0.3 is 0 Å². The summed E-state index contributed by atoms with van der Waals surface area (Å²) in [5, 5.41) is 2.43. The van der Waals surface area contributed by atoms with Crippen molar-refractivity contribution in [1.82, 2.24) is 16.2 Å². The summed E-state index contributed by atoms with van der Waals surface area (Å²) in [7, 11) is 0. The number of hydrogen-bond acceptors (Lipinski definition) is 4. The van der Waals surface area contributed by atoms with Crippen molar-refractivity contribution in [3.8, 4) is 5.75 Å². The number of aryl methyl sites for hydroxylation is 3. The number of ether oxygens (including phenoxy) is 1. The summed E-state index contributed by atoms with van der Waals surface area (Å²) in [5.41, 5.74) is 8.79. The number of rotatable bonds is 5. The minimum atomic E-state index is -0.422. The molecule has 0 unspecified atom stereocenters. The first-order valence-electron chi connectivity index (χ1n) is 8.68. The summed E-state index contributed by atoms with van der Waals surface area (Å²) >= 11 is 4.98. The molecular weight excluding hydrogens is 374 g/mol. The van der Waals surface area contributed by atoms with Crippen LogP contribution in [-0.2, 0) is 9.59 Å². The Balaban J connectivity index is 1.73. The highest BCUT2D eigenvalue weighted by molar-refractivity contribution is 7.80. The fourth-order valence-electron chi connectivity index (χ4n) is 2.36. The van der Waals surface area contributed by atoms with E-state index in [0.29, 0.717) is 5.75 Å². The maximum absolute atomic E-state index is 11.9. The minimum Gasteiger partial charge on any atom is -0.483 e. The van der Waals surface area contributed by atoms with Gasteiger partial charge in [-0.25, -0.2) is 0 Å². The van der Waals surface area contributed by atoms with Gasteiger partial charge in [0.15, 0.2) is 11.7 Å². The van der Waals surface area contributed by atoms with E-state index >= 15 is 0 Å². The third-order valence-corrected chi connectivity index (χ3v) is 4.02. The predicted molar refractivity (Wildman–Crippen MR) is 114 cm³/mol. The van der Waals surface area contributed by atoms with E-state index in [1.165, 1.54) is 6.08 Å². The molecule has 3 N–H and O–H groups in total. The number of carbonyl (C=O) groups excluding carboxylic acids is 2. The topological polar surface area (TPSA) is 79.5 Å². The van der Waals surface area contributed by atoms with E-state index in [-0.39, 0.29) is 11.7 Å². The molecule has 0 spiro atoms. The molecule has 0 heterocycles. The zero-order valence-electron chi connectivity index (χ0n) is 16.0. The fraction of sp³-hybridized carbons (Fsp3) is 0.190. The Hall–Kier alpha value is -3.19. The normalized spacial score (nSPS) is 10.4. The Morgan fingerprint density at radius 3 is 2.29 bits per heavy atom. The van der Waals surface area contributed by atoms with Crippen LogP contribution >= 0.6 is 12.2 Å². The quantitative estimate of drug-likeness (QED) is 0.411. The molecule has 146 valence electrons. The van der Waals surface area contributed by atoms with Crippen LogP contribution in [-0.4, -0.2) is 23.5 Å². The highest BCUT2D eigenvalue weighted by Crippen LogP contribution is 2.21. The molecule has 7 heteroatoms. The molecule has 0 aromatic heterocycles. The van der Waals surface area contributed by atoms with Crippen molar-refractivity contribution < 1.29 is 14.3 Å². The van der Waals surface area contributed by atoms with Gasteiger partial charge in [-0.2, -0.15) is 0 Å². The van der Waals surface area contributed by atoms with Crippen LogP contribution in [0.25, 0.3) is 6.08 Å². The van der Waals surface area contributed by atoms with Gasteiger partial charge in [-0.3, -0.25) is 25.8 Å². The van der Waals surface area contributed by atoms with Crippen molar-refractivity contribution in [3.05, 3.63) is 70.8 Å². The zero-order chi connectivity index (χ0) is 20.5. The Morgan fingerprint density at radius 2 is 1.64 bits per heavy atom. The largest absolute Gasteiger partial charge is 0.483 e. The molecule has 0 fully saturated rings. The third kappa shape index (κ3) is 6.85. The van der Waals surface area contributed by atoms with E-state index in [4.69, 9.17) is 17.0 Å². The molecule has 2 rings (SSSR count). The summed E-state index contributed by atoms with van der Waals surface area (Å²) in [6.07, 6.45) is 3.04. The molecule has 0 saturated heterocycles. The van der Waals surface area contributed by atoms with Crippen molar-refractivity contribution in [2.45, 2.75) is 20.8 Å². The van der Waals surface area contributed by atoms with Gasteiger partial charge in [0.25, 0.3) is 5.91 Å². The Morgan fingerprint density at radius 1 is 1.00 bits per heavy atom. The number of hydrazine groups is 1. The monoisotopic (exact) mass is 397 g/mol. The number of nitrogens with one attached hydrogen (secondary N) is 3. The van der Waals surface area contributed by atoms with Crippen molar-refractivity contribution in [2.75, 3.05) is 6.61 Å². The first kappa shape index (κ1) is 21.1. The van der Waals surface area contributed by atoms with Gasteiger partial charge in [0, 0.05) is 6.08 Å². The van der Waals surface area contributed by atoms with Crippen LogP contribution in [0, 0.1) is 20.8 Å². The highest BCUT2D eigenvalue weighted by atomic mass is 32.1. The van der Waals surface area contributed by atoms with Crippen LogP contribution in [0.5, 0.6) is 5.75 Å². The Bertz CT molecular complexity index is 872. The summed E-state index contributed by atoms with van der Waals surface area (Å²) < 4.78 is 5.54. The summed E-state index contributed by atoms with van der Waals surface area (Å²) in [4.78, 5) is 23.7. The zero-order valence-corrected chi connectivity index (χ0v) is 16.9. The van der Waals surface area contributed by atoms with Crippen LogP contribution < -0.4 is 20.9 Å². The number of amides is 2. The van der Waals surface area contributed by atoms with Gasteiger partial charge < -0.3 is 4.74 Å². The number of carbonyl (C=O) groups is 2. The molecule has 28 heavy (non-hydrogen) atoms. The van der Waals surface area contributed by atoms with E-state index in [0.717, 1.165) is 22.3 Å². The van der Waals surface area contributed by atoms with E-state index in [2.05, 4.69) is 16.2 Å². The smallest absolute Gasteiger partial charge is 0.276 e. The number of benzene rings is 2. The maximum atomic E-state index is 11.9. The fourth-order valence-corrected chi connectivity index (χ4v) is 2.51. The number of thiocarbonyl (C=S) groups is 1. The summed E-state index contributed by atoms with van der Waals surface area (Å²) in [5.74, 6) is -0.150. The third-order valence-electron chi connectivity index (χ3n) is 3.81. The summed E-state index contributed by atoms with van der Waals surface area (Å²) in [6, 6.07) is 13.5. The first-order valence-corrected chi connectivity index (χ1v) is 9.09. The molecule has 0 atom stereocenters. The lowest BCUT2D eigenvalue weighted by atomic mass is 10.1. The second kappa shape index (κ2) is 10.2. The molecule has 0 aliphatic heterocycles. The molecule has 6 nitrogen and oxygen atoms in total. The SMILES string of the molecule is Cc1ccc(/C=C/C(=O)NC(=S)NNC(=O)COc2c(C)cccc2C)cc1. The highest BCUT2D eigenvalue weighted by Gasteiger charge is 2.08. The van der Waals surface area contributed by atoms with E-state index in [1.54, 1.807) is 6.08 Å². The van der Waals surface area contributed by atoms with Gasteiger partial charge in [-0.05, 0) is 55.8 Å². The average Bonchev–Trinajstić information content (AvgIpc) is 2.65. The van der Waals surface area contributed by atoms with Gasteiger partial charge in [0.1, 0.15) is 5.75 Å². The first-order chi connectivity index (χ1) is 13.3. The van der Waals surface area contributed by atoms with Crippen molar-refractivity contribution in [2.24, 2.45) is 0 Å². The second-order valence-electron chi connectivity index (χ2n) is 6.25. The molecule has 2 aromatic carbocycles. The lowest BCUT2D eigenvalue weighted by molar-refractivity contribution is -0.123. The van der Waals surface area contributed by atoms with Crippen LogP contribution in [0.2, 0.25) is 0 Å². The van der Waals surface area contributed by atoms with Gasteiger partial charge in [-0.15, -0.1) is 0 Å². The van der Waals surface area contributed by atoms with Crippen molar-refractivity contribution in [1.29, 1.82) is 0 Å². The van der Waals surface area contributed by atoms with E-state index in [1.807, 2.05) is 63.2 Å². The van der Waals surface area contributed by atoms with E-state index in [9.17, 15) is 9.59 Å². The van der Waals surface area contributed by atoms with Crippen LogP contribution in [0.1, 0.15) is 22.3 Å². The molecule has 0 bridgehead atoms.